The lowest BCUT2D eigenvalue weighted by atomic mass is 9.93. The molecule has 0 saturated heterocycles. The first-order chi connectivity index (χ1) is 11.1. The molecule has 4 nitrogen and oxygen atoms in total. The standard InChI is InChI=1S/C18H16BrN3O/c1-12-16(19)18(22(20-12)13-8-4-3-5-9-13)15-11-7-6-10-14(15)17(23)21(18)2/h3-11,16H,1-2H3/t16-,18+/m1/s1. The number of hydrogen-bond acceptors (Lipinski definition) is 3. The van der Waals surface area contributed by atoms with Crippen LogP contribution in [0.1, 0.15) is 22.8 Å². The van der Waals surface area contributed by atoms with E-state index in [9.17, 15) is 4.79 Å². The van der Waals surface area contributed by atoms with E-state index in [1.165, 1.54) is 0 Å². The van der Waals surface area contributed by atoms with Gasteiger partial charge in [0.1, 0.15) is 4.83 Å². The van der Waals surface area contributed by atoms with Crippen LogP contribution >= 0.6 is 15.9 Å². The lowest BCUT2D eigenvalue weighted by molar-refractivity contribution is 0.0659. The van der Waals surface area contributed by atoms with Crippen LogP contribution in [0.15, 0.2) is 59.7 Å². The SMILES string of the molecule is CC1=NN(c2ccccc2)[C@@]2(c3ccccc3C(=O)N2C)[C@@H]1Br. The zero-order valence-electron chi connectivity index (χ0n) is 12.9. The van der Waals surface area contributed by atoms with Gasteiger partial charge >= 0.3 is 0 Å². The highest BCUT2D eigenvalue weighted by atomic mass is 79.9. The maximum Gasteiger partial charge on any atom is 0.256 e. The number of hydrazone groups is 1. The summed E-state index contributed by atoms with van der Waals surface area (Å²) in [7, 11) is 1.85. The molecule has 0 saturated carbocycles. The molecule has 0 bridgehead atoms. The Hall–Kier alpha value is -2.14. The van der Waals surface area contributed by atoms with Crippen LogP contribution < -0.4 is 5.01 Å². The Balaban J connectivity index is 2.00. The number of carbonyl (C=O) groups excluding carboxylic acids is 1. The van der Waals surface area contributed by atoms with E-state index >= 15 is 0 Å². The van der Waals surface area contributed by atoms with Gasteiger partial charge in [-0.05, 0) is 25.1 Å². The molecule has 2 atom stereocenters. The molecule has 2 aliphatic rings. The second-order valence-corrected chi connectivity index (χ2v) is 6.80. The highest BCUT2D eigenvalue weighted by Gasteiger charge is 2.60. The van der Waals surface area contributed by atoms with Crippen molar-refractivity contribution < 1.29 is 4.79 Å². The molecule has 2 aliphatic heterocycles. The molecule has 2 aromatic rings. The number of rotatable bonds is 1. The molecule has 0 aromatic heterocycles. The minimum absolute atomic E-state index is 0.0240. The minimum atomic E-state index is -0.668. The number of para-hydroxylation sites is 1. The molecular weight excluding hydrogens is 354 g/mol. The van der Waals surface area contributed by atoms with E-state index in [-0.39, 0.29) is 10.7 Å². The molecule has 1 spiro atoms. The van der Waals surface area contributed by atoms with Crippen LogP contribution in [-0.4, -0.2) is 28.4 Å². The maximum atomic E-state index is 12.8. The third-order valence-electron chi connectivity index (χ3n) is 4.67. The van der Waals surface area contributed by atoms with Gasteiger partial charge < -0.3 is 4.90 Å². The molecule has 23 heavy (non-hydrogen) atoms. The highest BCUT2D eigenvalue weighted by Crippen LogP contribution is 2.51. The topological polar surface area (TPSA) is 35.9 Å². The Bertz CT molecular complexity index is 820. The Kier molecular flexibility index (Phi) is 3.10. The number of nitrogens with zero attached hydrogens (tertiary/aromatic N) is 3. The van der Waals surface area contributed by atoms with Crippen molar-refractivity contribution in [1.82, 2.24) is 4.90 Å². The summed E-state index contributed by atoms with van der Waals surface area (Å²) in [6, 6.07) is 17.8. The highest BCUT2D eigenvalue weighted by molar-refractivity contribution is 9.10. The van der Waals surface area contributed by atoms with Gasteiger partial charge in [-0.3, -0.25) is 4.79 Å². The van der Waals surface area contributed by atoms with E-state index in [1.54, 1.807) is 4.90 Å². The van der Waals surface area contributed by atoms with Gasteiger partial charge in [-0.1, -0.05) is 52.3 Å². The van der Waals surface area contributed by atoms with Crippen molar-refractivity contribution in [2.75, 3.05) is 12.1 Å². The second-order valence-electron chi connectivity index (χ2n) is 5.89. The van der Waals surface area contributed by atoms with Crippen LogP contribution in [-0.2, 0) is 5.66 Å². The van der Waals surface area contributed by atoms with Crippen molar-refractivity contribution in [3.63, 3.8) is 0 Å². The molecule has 116 valence electrons. The van der Waals surface area contributed by atoms with E-state index < -0.39 is 5.66 Å². The van der Waals surface area contributed by atoms with Gasteiger partial charge in [-0.25, -0.2) is 5.01 Å². The fourth-order valence-electron chi connectivity index (χ4n) is 3.58. The van der Waals surface area contributed by atoms with Crippen molar-refractivity contribution in [1.29, 1.82) is 0 Å². The summed E-state index contributed by atoms with van der Waals surface area (Å²) in [6.07, 6.45) is 0. The smallest absolute Gasteiger partial charge is 0.256 e. The predicted octanol–water partition coefficient (Wildman–Crippen LogP) is 3.58. The first kappa shape index (κ1) is 14.5. The Labute approximate surface area is 143 Å². The number of alkyl halides is 1. The number of fused-ring (bicyclic) bond motifs is 2. The number of amides is 1. The average Bonchev–Trinajstić information content (AvgIpc) is 2.98. The van der Waals surface area contributed by atoms with E-state index in [0.29, 0.717) is 0 Å². The summed E-state index contributed by atoms with van der Waals surface area (Å²) < 4.78 is 0. The molecule has 2 heterocycles. The Morgan fingerprint density at radius 3 is 2.48 bits per heavy atom. The maximum absolute atomic E-state index is 12.8. The monoisotopic (exact) mass is 369 g/mol. The summed E-state index contributed by atoms with van der Waals surface area (Å²) in [5, 5.41) is 6.73. The molecule has 0 fully saturated rings. The molecule has 0 aliphatic carbocycles. The molecule has 0 radical (unpaired) electrons. The van der Waals surface area contributed by atoms with E-state index in [0.717, 1.165) is 22.5 Å². The van der Waals surface area contributed by atoms with Crippen molar-refractivity contribution in [2.24, 2.45) is 5.10 Å². The first-order valence-electron chi connectivity index (χ1n) is 7.50. The third-order valence-corrected chi connectivity index (χ3v) is 5.97. The summed E-state index contributed by atoms with van der Waals surface area (Å²) in [5.74, 6) is 0.0240. The molecule has 2 aromatic carbocycles. The van der Waals surface area contributed by atoms with Gasteiger partial charge in [0, 0.05) is 18.2 Å². The van der Waals surface area contributed by atoms with Crippen LogP contribution in [0.25, 0.3) is 0 Å². The number of anilines is 1. The predicted molar refractivity (Wildman–Crippen MR) is 95.0 cm³/mol. The molecule has 1 amide bonds. The van der Waals surface area contributed by atoms with Gasteiger partial charge in [0.25, 0.3) is 5.91 Å². The van der Waals surface area contributed by atoms with Gasteiger partial charge in [-0.2, -0.15) is 5.10 Å². The summed E-state index contributed by atoms with van der Waals surface area (Å²) in [6.45, 7) is 1.99. The fraction of sp³-hybridized carbons (Fsp3) is 0.222. The third kappa shape index (κ3) is 1.71. The molecule has 4 rings (SSSR count). The lowest BCUT2D eigenvalue weighted by Crippen LogP contribution is -2.56. The second kappa shape index (κ2) is 4.93. The molecular formula is C18H16BrN3O. The summed E-state index contributed by atoms with van der Waals surface area (Å²) >= 11 is 3.80. The van der Waals surface area contributed by atoms with Crippen molar-refractivity contribution in [3.8, 4) is 0 Å². The van der Waals surface area contributed by atoms with Crippen LogP contribution in [0, 0.1) is 0 Å². The largest absolute Gasteiger partial charge is 0.312 e. The molecule has 0 unspecified atom stereocenters. The van der Waals surface area contributed by atoms with Crippen LogP contribution in [0.4, 0.5) is 5.69 Å². The zero-order valence-corrected chi connectivity index (χ0v) is 14.5. The normalized spacial score (nSPS) is 26.0. The quantitative estimate of drug-likeness (QED) is 0.720. The molecule has 5 heteroatoms. The van der Waals surface area contributed by atoms with Crippen molar-refractivity contribution in [3.05, 3.63) is 65.7 Å². The van der Waals surface area contributed by atoms with Crippen molar-refractivity contribution >= 4 is 33.2 Å². The van der Waals surface area contributed by atoms with Crippen LogP contribution in [0.3, 0.4) is 0 Å². The summed E-state index contributed by atoms with van der Waals surface area (Å²) in [4.78, 5) is 14.5. The number of halogens is 1. The average molecular weight is 370 g/mol. The van der Waals surface area contributed by atoms with Crippen LogP contribution in [0.2, 0.25) is 0 Å². The number of hydrogen-bond donors (Lipinski definition) is 0. The summed E-state index contributed by atoms with van der Waals surface area (Å²) in [5.41, 5.74) is 2.97. The van der Waals surface area contributed by atoms with Gasteiger partial charge in [0.2, 0.25) is 0 Å². The number of benzene rings is 2. The first-order valence-corrected chi connectivity index (χ1v) is 8.42. The molecule has 0 N–H and O–H groups in total. The van der Waals surface area contributed by atoms with E-state index in [1.807, 2.05) is 73.6 Å². The Morgan fingerprint density at radius 1 is 1.09 bits per heavy atom. The van der Waals surface area contributed by atoms with Gasteiger partial charge in [0.05, 0.1) is 11.4 Å². The lowest BCUT2D eigenvalue weighted by Gasteiger charge is -2.42. The van der Waals surface area contributed by atoms with Crippen LogP contribution in [0.5, 0.6) is 0 Å². The van der Waals surface area contributed by atoms with Crippen molar-refractivity contribution in [2.45, 2.75) is 17.4 Å². The van der Waals surface area contributed by atoms with E-state index in [4.69, 9.17) is 5.10 Å². The minimum Gasteiger partial charge on any atom is -0.312 e. The van der Waals surface area contributed by atoms with Gasteiger partial charge in [-0.15, -0.1) is 0 Å². The Morgan fingerprint density at radius 2 is 1.74 bits per heavy atom. The van der Waals surface area contributed by atoms with Gasteiger partial charge in [0.15, 0.2) is 5.66 Å². The number of carbonyl (C=O) groups is 1. The fourth-order valence-corrected chi connectivity index (χ4v) is 4.42. The van der Waals surface area contributed by atoms with E-state index in [2.05, 4.69) is 15.9 Å². The zero-order chi connectivity index (χ0) is 16.2.